The third-order valence-electron chi connectivity index (χ3n) is 2.66. The fourth-order valence-corrected chi connectivity index (χ4v) is 2.00. The van der Waals surface area contributed by atoms with E-state index in [2.05, 4.69) is 20.7 Å². The van der Waals surface area contributed by atoms with E-state index in [-0.39, 0.29) is 12.1 Å². The summed E-state index contributed by atoms with van der Waals surface area (Å²) in [5.41, 5.74) is -3.36. The first-order valence-corrected chi connectivity index (χ1v) is 6.41. The van der Waals surface area contributed by atoms with Crippen molar-refractivity contribution in [3.63, 3.8) is 0 Å². The zero-order valence-electron chi connectivity index (χ0n) is 11.0. The van der Waals surface area contributed by atoms with Crippen LogP contribution in [0.3, 0.4) is 0 Å². The molecule has 0 atom stereocenters. The molecule has 0 heterocycles. The number of rotatable bonds is 3. The minimum absolute atomic E-state index is 0.0662. The van der Waals surface area contributed by atoms with E-state index < -0.39 is 52.3 Å². The van der Waals surface area contributed by atoms with Crippen LogP contribution in [0.1, 0.15) is 5.56 Å². The lowest BCUT2D eigenvalue weighted by Gasteiger charge is -2.31. The molecule has 0 aliphatic carbocycles. The SMILES string of the molecule is Nc1c(Br)cc(C(F)(C(F)(F)F)C(F)(F)F)cc1OCC(F)(F)F. The third-order valence-corrected chi connectivity index (χ3v) is 3.32. The highest BCUT2D eigenvalue weighted by atomic mass is 79.9. The maximum absolute atomic E-state index is 13.9. The summed E-state index contributed by atoms with van der Waals surface area (Å²) in [6, 6.07) is -0.108. The lowest BCUT2D eigenvalue weighted by atomic mass is 9.93. The molecule has 0 saturated carbocycles. The first-order chi connectivity index (χ1) is 10.5. The maximum Gasteiger partial charge on any atom is 0.435 e. The van der Waals surface area contributed by atoms with Crippen molar-refractivity contribution < 1.29 is 48.6 Å². The van der Waals surface area contributed by atoms with Crippen molar-refractivity contribution >= 4 is 21.6 Å². The summed E-state index contributed by atoms with van der Waals surface area (Å²) >= 11 is 2.46. The topological polar surface area (TPSA) is 35.2 Å². The van der Waals surface area contributed by atoms with Gasteiger partial charge in [-0.3, -0.25) is 0 Å². The Kier molecular flexibility index (Phi) is 5.29. The van der Waals surface area contributed by atoms with Gasteiger partial charge in [-0.05, 0) is 28.1 Å². The number of halogens is 11. The highest BCUT2D eigenvalue weighted by Gasteiger charge is 2.73. The molecule has 2 nitrogen and oxygen atoms in total. The predicted molar refractivity (Wildman–Crippen MR) is 65.0 cm³/mol. The van der Waals surface area contributed by atoms with E-state index in [9.17, 15) is 43.9 Å². The number of hydrogen-bond donors (Lipinski definition) is 1. The van der Waals surface area contributed by atoms with Crippen LogP contribution in [0, 0.1) is 0 Å². The van der Waals surface area contributed by atoms with Crippen molar-refractivity contribution in [3.05, 3.63) is 22.2 Å². The van der Waals surface area contributed by atoms with Crippen LogP contribution in [-0.4, -0.2) is 25.1 Å². The van der Waals surface area contributed by atoms with Gasteiger partial charge in [0.25, 0.3) is 0 Å². The molecule has 0 amide bonds. The van der Waals surface area contributed by atoms with Crippen LogP contribution in [0.2, 0.25) is 0 Å². The summed E-state index contributed by atoms with van der Waals surface area (Å²) < 4.78 is 129. The standard InChI is InChI=1S/C11H6BrF10NO/c12-5-1-4(9(16,10(17,18)19)11(20,21)22)2-6(7(5)23)24-3-8(13,14)15/h1-2H,3,23H2. The number of ether oxygens (including phenoxy) is 1. The van der Waals surface area contributed by atoms with Crippen molar-refractivity contribution in [1.29, 1.82) is 0 Å². The molecule has 1 rings (SSSR count). The Morgan fingerprint density at radius 2 is 1.33 bits per heavy atom. The second-order valence-electron chi connectivity index (χ2n) is 4.43. The number of hydrogen-bond acceptors (Lipinski definition) is 2. The van der Waals surface area contributed by atoms with Crippen molar-refractivity contribution in [2.45, 2.75) is 24.2 Å². The lowest BCUT2D eigenvalue weighted by Crippen LogP contribution is -2.50. The summed E-state index contributed by atoms with van der Waals surface area (Å²) in [6.45, 7) is -2.05. The minimum atomic E-state index is -6.43. The summed E-state index contributed by atoms with van der Waals surface area (Å²) in [5, 5.41) is 0. The van der Waals surface area contributed by atoms with Gasteiger partial charge in [-0.25, -0.2) is 4.39 Å². The van der Waals surface area contributed by atoms with E-state index in [1.165, 1.54) is 0 Å². The van der Waals surface area contributed by atoms with Crippen LogP contribution in [0.25, 0.3) is 0 Å². The molecule has 1 aromatic rings. The minimum Gasteiger partial charge on any atom is -0.482 e. The van der Waals surface area contributed by atoms with Gasteiger partial charge in [0.1, 0.15) is 5.75 Å². The molecule has 13 heteroatoms. The second-order valence-corrected chi connectivity index (χ2v) is 5.28. The van der Waals surface area contributed by atoms with E-state index in [0.717, 1.165) is 0 Å². The van der Waals surface area contributed by atoms with Crippen molar-refractivity contribution in [3.8, 4) is 5.75 Å². The third kappa shape index (κ3) is 3.98. The molecular weight excluding hydrogens is 432 g/mol. The van der Waals surface area contributed by atoms with Crippen LogP contribution in [0.4, 0.5) is 49.6 Å². The number of nitrogen functional groups attached to an aromatic ring is 1. The van der Waals surface area contributed by atoms with Gasteiger partial charge in [0.05, 0.1) is 5.69 Å². The molecule has 0 aliphatic heterocycles. The Labute approximate surface area is 135 Å². The molecule has 24 heavy (non-hydrogen) atoms. The molecule has 0 bridgehead atoms. The number of benzene rings is 1. The molecule has 0 aromatic heterocycles. The fraction of sp³-hybridized carbons (Fsp3) is 0.455. The Balaban J connectivity index is 3.51. The van der Waals surface area contributed by atoms with Gasteiger partial charge in [0.2, 0.25) is 0 Å². The first-order valence-electron chi connectivity index (χ1n) is 5.62. The highest BCUT2D eigenvalue weighted by Crippen LogP contribution is 2.54. The molecule has 0 unspecified atom stereocenters. The van der Waals surface area contributed by atoms with E-state index in [0.29, 0.717) is 0 Å². The Bertz CT molecular complexity index is 593. The molecular formula is C11H6BrF10NO. The van der Waals surface area contributed by atoms with Gasteiger partial charge in [-0.2, -0.15) is 39.5 Å². The average molecular weight is 438 g/mol. The van der Waals surface area contributed by atoms with Crippen LogP contribution in [0.15, 0.2) is 16.6 Å². The van der Waals surface area contributed by atoms with E-state index in [4.69, 9.17) is 5.73 Å². The molecule has 1 aromatic carbocycles. The van der Waals surface area contributed by atoms with Crippen LogP contribution in [-0.2, 0) is 5.67 Å². The first kappa shape index (κ1) is 20.6. The van der Waals surface area contributed by atoms with E-state index >= 15 is 0 Å². The number of anilines is 1. The molecule has 0 saturated heterocycles. The van der Waals surface area contributed by atoms with Crippen molar-refractivity contribution in [2.75, 3.05) is 12.3 Å². The van der Waals surface area contributed by atoms with Gasteiger partial charge in [0, 0.05) is 10.0 Å². The molecule has 0 spiro atoms. The molecule has 0 fully saturated rings. The van der Waals surface area contributed by atoms with Gasteiger partial charge in [-0.1, -0.05) is 0 Å². The Morgan fingerprint density at radius 3 is 1.71 bits per heavy atom. The molecule has 138 valence electrons. The lowest BCUT2D eigenvalue weighted by molar-refractivity contribution is -0.348. The maximum atomic E-state index is 13.9. The van der Waals surface area contributed by atoms with E-state index in [1.54, 1.807) is 0 Å². The summed E-state index contributed by atoms with van der Waals surface area (Å²) in [7, 11) is 0. The monoisotopic (exact) mass is 437 g/mol. The second kappa shape index (κ2) is 6.15. The van der Waals surface area contributed by atoms with Gasteiger partial charge >= 0.3 is 24.2 Å². The van der Waals surface area contributed by atoms with Crippen LogP contribution < -0.4 is 10.5 Å². The smallest absolute Gasteiger partial charge is 0.435 e. The van der Waals surface area contributed by atoms with E-state index in [1.807, 2.05) is 0 Å². The average Bonchev–Trinajstić information content (AvgIpc) is 2.35. The van der Waals surface area contributed by atoms with Crippen LogP contribution in [0.5, 0.6) is 5.75 Å². The molecule has 2 N–H and O–H groups in total. The number of alkyl halides is 10. The summed E-state index contributed by atoms with van der Waals surface area (Å²) in [4.78, 5) is 0. The number of nitrogens with two attached hydrogens (primary N) is 1. The zero-order chi connectivity index (χ0) is 19.1. The molecule has 0 radical (unpaired) electrons. The molecule has 0 aliphatic rings. The van der Waals surface area contributed by atoms with Gasteiger partial charge in [0.15, 0.2) is 6.61 Å². The summed E-state index contributed by atoms with van der Waals surface area (Å²) in [6.07, 6.45) is -17.8. The van der Waals surface area contributed by atoms with Crippen molar-refractivity contribution in [1.82, 2.24) is 0 Å². The predicted octanol–water partition coefficient (Wildman–Crippen LogP) is 5.26. The quantitative estimate of drug-likeness (QED) is 0.517. The van der Waals surface area contributed by atoms with Crippen molar-refractivity contribution in [2.24, 2.45) is 0 Å². The van der Waals surface area contributed by atoms with Gasteiger partial charge in [-0.15, -0.1) is 0 Å². The summed E-state index contributed by atoms with van der Waals surface area (Å²) in [5.74, 6) is -1.19. The fourth-order valence-electron chi connectivity index (χ4n) is 1.56. The Morgan fingerprint density at radius 1 is 0.875 bits per heavy atom. The Hall–Kier alpha value is -1.40. The zero-order valence-corrected chi connectivity index (χ0v) is 12.6. The van der Waals surface area contributed by atoms with Crippen LogP contribution >= 0.6 is 15.9 Å². The normalized spacial score (nSPS) is 14.0. The van der Waals surface area contributed by atoms with Gasteiger partial charge < -0.3 is 10.5 Å². The highest BCUT2D eigenvalue weighted by molar-refractivity contribution is 9.10. The largest absolute Gasteiger partial charge is 0.482 e.